The lowest BCUT2D eigenvalue weighted by Gasteiger charge is -2.31. The van der Waals surface area contributed by atoms with Crippen molar-refractivity contribution >= 4 is 73.2 Å². The minimum Gasteiger partial charge on any atom is -0.367 e. The SMILES string of the molecule is CC12CCC(CCSc3nc4cc(Cl)ccc4s3)(O1)C1C(=O)N(c3ccc4ccccc4c3C#N)C(=O)C12. The number of fused-ring (bicyclic) bond motifs is 7. The second-order valence-electron chi connectivity index (χ2n) is 10.4. The molecule has 3 aliphatic heterocycles. The summed E-state index contributed by atoms with van der Waals surface area (Å²) in [6, 6.07) is 19.1. The average molecular weight is 560 g/mol. The van der Waals surface area contributed by atoms with Gasteiger partial charge in [-0.25, -0.2) is 9.88 Å². The fourth-order valence-corrected chi connectivity index (χ4v) is 9.05. The zero-order chi connectivity index (χ0) is 26.2. The van der Waals surface area contributed by atoms with Crippen molar-refractivity contribution in [2.45, 2.75) is 41.7 Å². The molecule has 1 aromatic heterocycles. The second-order valence-corrected chi connectivity index (χ2v) is 13.2. The highest BCUT2D eigenvalue weighted by atomic mass is 35.5. The summed E-state index contributed by atoms with van der Waals surface area (Å²) in [5, 5.41) is 12.3. The Morgan fingerprint density at radius 1 is 1.16 bits per heavy atom. The molecule has 9 heteroatoms. The van der Waals surface area contributed by atoms with Crippen LogP contribution < -0.4 is 4.90 Å². The molecular weight excluding hydrogens is 538 g/mol. The number of anilines is 1. The number of hydrogen-bond donors (Lipinski definition) is 0. The summed E-state index contributed by atoms with van der Waals surface area (Å²) in [5.41, 5.74) is 0.217. The van der Waals surface area contributed by atoms with Crippen LogP contribution in [0.4, 0.5) is 5.69 Å². The summed E-state index contributed by atoms with van der Waals surface area (Å²) in [5.74, 6) is -0.896. The summed E-state index contributed by atoms with van der Waals surface area (Å²) in [6.45, 7) is 1.96. The van der Waals surface area contributed by atoms with Gasteiger partial charge in [0.2, 0.25) is 11.8 Å². The van der Waals surface area contributed by atoms with Gasteiger partial charge >= 0.3 is 0 Å². The van der Waals surface area contributed by atoms with Crippen molar-refractivity contribution in [1.29, 1.82) is 5.26 Å². The normalized spacial score (nSPS) is 28.0. The molecule has 2 amide bonds. The maximum atomic E-state index is 14.0. The van der Waals surface area contributed by atoms with Gasteiger partial charge in [0.05, 0.1) is 44.5 Å². The Labute approximate surface area is 232 Å². The second kappa shape index (κ2) is 8.52. The molecule has 0 spiro atoms. The summed E-state index contributed by atoms with van der Waals surface area (Å²) < 4.78 is 8.62. The van der Waals surface area contributed by atoms with Crippen LogP contribution in [0.2, 0.25) is 5.02 Å². The number of halogens is 1. The molecule has 0 N–H and O–H groups in total. The number of carbonyl (C=O) groups excluding carboxylic acids is 2. The van der Waals surface area contributed by atoms with Crippen LogP contribution in [0.25, 0.3) is 21.0 Å². The number of rotatable bonds is 5. The molecule has 4 unspecified atom stereocenters. The van der Waals surface area contributed by atoms with Gasteiger partial charge in [-0.2, -0.15) is 5.26 Å². The fraction of sp³-hybridized carbons (Fsp3) is 0.310. The van der Waals surface area contributed by atoms with Crippen LogP contribution in [0.1, 0.15) is 31.7 Å². The summed E-state index contributed by atoms with van der Waals surface area (Å²) in [4.78, 5) is 33.8. The zero-order valence-corrected chi connectivity index (χ0v) is 22.8. The molecule has 3 aromatic carbocycles. The summed E-state index contributed by atoms with van der Waals surface area (Å²) in [6.07, 6.45) is 2.10. The predicted molar refractivity (Wildman–Crippen MR) is 150 cm³/mol. The quantitative estimate of drug-likeness (QED) is 0.203. The number of thiazole rings is 1. The van der Waals surface area contributed by atoms with Gasteiger partial charge in [0.25, 0.3) is 0 Å². The highest BCUT2D eigenvalue weighted by Crippen LogP contribution is 2.62. The molecule has 0 saturated carbocycles. The molecule has 3 aliphatic rings. The van der Waals surface area contributed by atoms with E-state index >= 15 is 0 Å². The van der Waals surface area contributed by atoms with Crippen LogP contribution in [0, 0.1) is 23.2 Å². The summed E-state index contributed by atoms with van der Waals surface area (Å²) >= 11 is 9.38. The van der Waals surface area contributed by atoms with Gasteiger partial charge < -0.3 is 4.74 Å². The first-order valence-electron chi connectivity index (χ1n) is 12.5. The van der Waals surface area contributed by atoms with E-state index in [-0.39, 0.29) is 11.8 Å². The summed E-state index contributed by atoms with van der Waals surface area (Å²) in [7, 11) is 0. The van der Waals surface area contributed by atoms with Crippen LogP contribution in [-0.2, 0) is 14.3 Å². The Kier molecular flexibility index (Phi) is 5.41. The zero-order valence-electron chi connectivity index (χ0n) is 20.4. The molecular formula is C29H22ClN3O3S2. The number of thioether (sulfide) groups is 1. The van der Waals surface area contributed by atoms with E-state index in [0.717, 1.165) is 38.2 Å². The lowest BCUT2D eigenvalue weighted by molar-refractivity contribution is -0.130. The van der Waals surface area contributed by atoms with Gasteiger partial charge in [-0.05, 0) is 55.8 Å². The van der Waals surface area contributed by atoms with Crippen molar-refractivity contribution in [1.82, 2.24) is 4.98 Å². The van der Waals surface area contributed by atoms with Gasteiger partial charge in [-0.1, -0.05) is 53.7 Å². The van der Waals surface area contributed by atoms with Crippen LogP contribution in [0.15, 0.2) is 58.9 Å². The van der Waals surface area contributed by atoms with Gasteiger partial charge in [0, 0.05) is 16.2 Å². The Balaban J connectivity index is 1.19. The van der Waals surface area contributed by atoms with Crippen molar-refractivity contribution in [2.24, 2.45) is 11.8 Å². The third-order valence-corrected chi connectivity index (χ3v) is 10.8. The van der Waals surface area contributed by atoms with Crippen LogP contribution in [0.5, 0.6) is 0 Å². The highest BCUT2D eigenvalue weighted by molar-refractivity contribution is 8.01. The minimum absolute atomic E-state index is 0.255. The van der Waals surface area contributed by atoms with Crippen molar-refractivity contribution in [3.8, 4) is 6.07 Å². The first-order chi connectivity index (χ1) is 18.3. The lowest BCUT2D eigenvalue weighted by atomic mass is 9.67. The van der Waals surface area contributed by atoms with Crippen LogP contribution in [-0.4, -0.2) is 33.8 Å². The molecule has 4 atom stereocenters. The average Bonchev–Trinajstić information content (AvgIpc) is 3.61. The van der Waals surface area contributed by atoms with Gasteiger partial charge in [0.1, 0.15) is 6.07 Å². The third-order valence-electron chi connectivity index (χ3n) is 8.35. The van der Waals surface area contributed by atoms with E-state index in [9.17, 15) is 14.9 Å². The largest absolute Gasteiger partial charge is 0.367 e. The molecule has 0 radical (unpaired) electrons. The molecule has 3 fully saturated rings. The number of carbonyl (C=O) groups is 2. The number of benzene rings is 3. The molecule has 2 bridgehead atoms. The van der Waals surface area contributed by atoms with Crippen molar-refractivity contribution in [3.63, 3.8) is 0 Å². The standard InChI is InChI=1S/C29H22ClN3O3S2/c1-28-10-11-29(36-28,12-13-37-27-32-20-14-17(30)7-9-22(20)38-27)24-23(28)25(34)33(26(24)35)21-8-6-16-4-2-3-5-18(16)19(21)15-31/h2-9,14,23-24H,10-13H2,1H3. The fourth-order valence-electron chi connectivity index (χ4n) is 6.66. The van der Waals surface area contributed by atoms with Crippen LogP contribution >= 0.6 is 34.7 Å². The van der Waals surface area contributed by atoms with E-state index in [1.54, 1.807) is 29.2 Å². The number of nitrogens with zero attached hydrogens (tertiary/aromatic N) is 3. The molecule has 7 rings (SSSR count). The molecule has 3 saturated heterocycles. The molecule has 4 aromatic rings. The number of imide groups is 1. The Morgan fingerprint density at radius 2 is 1.97 bits per heavy atom. The van der Waals surface area contributed by atoms with Crippen molar-refractivity contribution in [3.05, 3.63) is 65.2 Å². The van der Waals surface area contributed by atoms with Gasteiger partial charge in [-0.15, -0.1) is 11.3 Å². The maximum Gasteiger partial charge on any atom is 0.240 e. The van der Waals surface area contributed by atoms with E-state index in [4.69, 9.17) is 21.3 Å². The van der Waals surface area contributed by atoms with E-state index < -0.39 is 23.0 Å². The smallest absolute Gasteiger partial charge is 0.240 e. The third kappa shape index (κ3) is 3.39. The molecule has 4 heterocycles. The number of hydrogen-bond acceptors (Lipinski definition) is 7. The Morgan fingerprint density at radius 3 is 2.82 bits per heavy atom. The lowest BCUT2D eigenvalue weighted by Crippen LogP contribution is -2.42. The van der Waals surface area contributed by atoms with Gasteiger partial charge in [-0.3, -0.25) is 9.59 Å². The molecule has 0 aliphatic carbocycles. The number of nitriles is 1. The maximum absolute atomic E-state index is 14.0. The monoisotopic (exact) mass is 559 g/mol. The predicted octanol–water partition coefficient (Wildman–Crippen LogP) is 6.58. The van der Waals surface area contributed by atoms with Crippen molar-refractivity contribution in [2.75, 3.05) is 10.7 Å². The van der Waals surface area contributed by atoms with Crippen molar-refractivity contribution < 1.29 is 14.3 Å². The molecule has 38 heavy (non-hydrogen) atoms. The number of amides is 2. The first-order valence-corrected chi connectivity index (χ1v) is 14.7. The van der Waals surface area contributed by atoms with E-state index in [2.05, 4.69) is 6.07 Å². The molecule has 190 valence electrons. The van der Waals surface area contributed by atoms with Crippen LogP contribution in [0.3, 0.4) is 0 Å². The van der Waals surface area contributed by atoms with E-state index in [1.165, 1.54) is 4.90 Å². The number of ether oxygens (including phenoxy) is 1. The Bertz CT molecular complexity index is 1710. The van der Waals surface area contributed by atoms with Gasteiger partial charge in [0.15, 0.2) is 4.34 Å². The Hall–Kier alpha value is -2.96. The number of aromatic nitrogens is 1. The van der Waals surface area contributed by atoms with E-state index in [1.807, 2.05) is 55.5 Å². The minimum atomic E-state index is -0.697. The highest BCUT2D eigenvalue weighted by Gasteiger charge is 2.73. The van der Waals surface area contributed by atoms with E-state index in [0.29, 0.717) is 28.4 Å². The topological polar surface area (TPSA) is 83.3 Å². The molecule has 6 nitrogen and oxygen atoms in total. The first kappa shape index (κ1) is 24.1.